The van der Waals surface area contributed by atoms with Crippen molar-refractivity contribution in [2.75, 3.05) is 13.1 Å². The fraction of sp³-hybridized carbons (Fsp3) is 0.692. The van der Waals surface area contributed by atoms with Crippen molar-refractivity contribution >= 4 is 11.8 Å². The van der Waals surface area contributed by atoms with Crippen LogP contribution in [0.25, 0.3) is 0 Å². The number of nitrogens with zero attached hydrogens (tertiary/aromatic N) is 1. The van der Waals surface area contributed by atoms with Crippen molar-refractivity contribution in [3.8, 4) is 0 Å². The number of allylic oxidation sites excluding steroid dienone is 2. The summed E-state index contributed by atoms with van der Waals surface area (Å²) in [5.74, 6) is 0.0253. The predicted molar refractivity (Wildman–Crippen MR) is 63.1 cm³/mol. The lowest BCUT2D eigenvalue weighted by molar-refractivity contribution is -0.143. The molecule has 2 saturated heterocycles. The summed E-state index contributed by atoms with van der Waals surface area (Å²) in [6, 6.07) is 0.141. The zero-order valence-electron chi connectivity index (χ0n) is 9.89. The van der Waals surface area contributed by atoms with Crippen molar-refractivity contribution < 1.29 is 9.59 Å². The number of nitrogens with one attached hydrogen (secondary N) is 1. The summed E-state index contributed by atoms with van der Waals surface area (Å²) in [5.41, 5.74) is 0. The lowest BCUT2D eigenvalue weighted by Gasteiger charge is -2.30. The Morgan fingerprint density at radius 1 is 1.00 bits per heavy atom. The number of carbonyl (C=O) groups excluding carboxylic acids is 2. The van der Waals surface area contributed by atoms with Crippen LogP contribution < -0.4 is 5.32 Å². The zero-order chi connectivity index (χ0) is 11.8. The van der Waals surface area contributed by atoms with E-state index in [1.54, 1.807) is 4.90 Å². The molecule has 1 N–H and O–H groups in total. The molecule has 3 aliphatic rings. The van der Waals surface area contributed by atoms with Crippen molar-refractivity contribution in [1.82, 2.24) is 10.2 Å². The van der Waals surface area contributed by atoms with Crippen LogP contribution in [0.5, 0.6) is 0 Å². The van der Waals surface area contributed by atoms with E-state index in [1.165, 1.54) is 0 Å². The van der Waals surface area contributed by atoms with Crippen LogP contribution >= 0.6 is 0 Å². The summed E-state index contributed by atoms with van der Waals surface area (Å²) in [4.78, 5) is 26.2. The molecule has 0 aromatic carbocycles. The van der Waals surface area contributed by atoms with Crippen LogP contribution in [0.2, 0.25) is 0 Å². The molecular formula is C13H18N2O2. The SMILES string of the molecule is O=C1[C@H]2CC=CC[C@H]2C(=O)N1C1CCNCC1. The molecule has 4 nitrogen and oxygen atoms in total. The van der Waals surface area contributed by atoms with Gasteiger partial charge in [0.15, 0.2) is 0 Å². The first-order valence-electron chi connectivity index (χ1n) is 6.51. The molecule has 0 radical (unpaired) electrons. The maximum atomic E-state index is 12.3. The third-order valence-electron chi connectivity index (χ3n) is 4.22. The molecule has 3 rings (SSSR count). The standard InChI is InChI=1S/C13H18N2O2/c16-12-10-3-1-2-4-11(10)13(17)15(12)9-5-7-14-8-6-9/h1-2,9-11,14H,3-8H2/t10-,11+. The number of fused-ring (bicyclic) bond motifs is 1. The van der Waals surface area contributed by atoms with Crippen LogP contribution in [0.4, 0.5) is 0 Å². The molecular weight excluding hydrogens is 216 g/mol. The first kappa shape index (κ1) is 11.0. The van der Waals surface area contributed by atoms with Gasteiger partial charge in [0.05, 0.1) is 11.8 Å². The Kier molecular flexibility index (Phi) is 2.74. The van der Waals surface area contributed by atoms with Crippen LogP contribution in [0.1, 0.15) is 25.7 Å². The van der Waals surface area contributed by atoms with Gasteiger partial charge in [0.2, 0.25) is 11.8 Å². The minimum Gasteiger partial charge on any atom is -0.317 e. The number of carbonyl (C=O) groups is 2. The van der Waals surface area contributed by atoms with E-state index in [4.69, 9.17) is 0 Å². The average Bonchev–Trinajstić information content (AvgIpc) is 2.64. The molecule has 0 aromatic rings. The van der Waals surface area contributed by atoms with Crippen molar-refractivity contribution in [2.24, 2.45) is 11.8 Å². The molecule has 0 saturated carbocycles. The van der Waals surface area contributed by atoms with Crippen molar-refractivity contribution in [2.45, 2.75) is 31.7 Å². The molecule has 2 amide bonds. The van der Waals surface area contributed by atoms with Crippen molar-refractivity contribution in [3.63, 3.8) is 0 Å². The highest BCUT2D eigenvalue weighted by molar-refractivity contribution is 6.05. The summed E-state index contributed by atoms with van der Waals surface area (Å²) < 4.78 is 0. The minimum absolute atomic E-state index is 0.0672. The largest absolute Gasteiger partial charge is 0.317 e. The van der Waals surface area contributed by atoms with Gasteiger partial charge in [-0.25, -0.2) is 0 Å². The van der Waals surface area contributed by atoms with Crippen molar-refractivity contribution in [3.05, 3.63) is 12.2 Å². The highest BCUT2D eigenvalue weighted by Gasteiger charge is 2.49. The second-order valence-electron chi connectivity index (χ2n) is 5.18. The first-order valence-corrected chi connectivity index (χ1v) is 6.51. The van der Waals surface area contributed by atoms with Gasteiger partial charge in [-0.05, 0) is 38.8 Å². The summed E-state index contributed by atoms with van der Waals surface area (Å²) in [6.07, 6.45) is 7.39. The van der Waals surface area contributed by atoms with Gasteiger partial charge < -0.3 is 5.32 Å². The Morgan fingerprint density at radius 3 is 2.06 bits per heavy atom. The first-order chi connectivity index (χ1) is 8.29. The second-order valence-corrected chi connectivity index (χ2v) is 5.18. The molecule has 4 heteroatoms. The van der Waals surface area contributed by atoms with E-state index >= 15 is 0 Å². The molecule has 0 aromatic heterocycles. The van der Waals surface area contributed by atoms with Crippen LogP contribution in [0, 0.1) is 11.8 Å². The Bertz CT molecular complexity index is 346. The number of rotatable bonds is 1. The Balaban J connectivity index is 1.81. The highest BCUT2D eigenvalue weighted by Crippen LogP contribution is 2.37. The monoisotopic (exact) mass is 234 g/mol. The molecule has 0 unspecified atom stereocenters. The van der Waals surface area contributed by atoms with Gasteiger partial charge in [-0.1, -0.05) is 12.2 Å². The third-order valence-corrected chi connectivity index (χ3v) is 4.22. The fourth-order valence-electron chi connectivity index (χ4n) is 3.25. The highest BCUT2D eigenvalue weighted by atomic mass is 16.2. The molecule has 17 heavy (non-hydrogen) atoms. The molecule has 2 aliphatic heterocycles. The smallest absolute Gasteiger partial charge is 0.233 e. The number of imide groups is 1. The number of amides is 2. The molecule has 2 fully saturated rings. The molecule has 0 spiro atoms. The quantitative estimate of drug-likeness (QED) is 0.536. The molecule has 0 bridgehead atoms. The third kappa shape index (κ3) is 1.71. The predicted octanol–water partition coefficient (Wildman–Crippen LogP) is 0.690. The Labute approximate surface area is 101 Å². The summed E-state index contributed by atoms with van der Waals surface area (Å²) in [7, 11) is 0. The van der Waals surface area contributed by atoms with E-state index in [0.717, 1.165) is 38.8 Å². The van der Waals surface area contributed by atoms with E-state index in [1.807, 2.05) is 12.2 Å². The van der Waals surface area contributed by atoms with Gasteiger partial charge in [0.25, 0.3) is 0 Å². The van der Waals surface area contributed by atoms with E-state index in [0.29, 0.717) is 0 Å². The van der Waals surface area contributed by atoms with Crippen LogP contribution in [0.3, 0.4) is 0 Å². The summed E-state index contributed by atoms with van der Waals surface area (Å²) >= 11 is 0. The van der Waals surface area contributed by atoms with Gasteiger partial charge in [-0.3, -0.25) is 14.5 Å². The van der Waals surface area contributed by atoms with Gasteiger partial charge in [-0.2, -0.15) is 0 Å². The molecule has 92 valence electrons. The zero-order valence-corrected chi connectivity index (χ0v) is 9.89. The van der Waals surface area contributed by atoms with Crippen LogP contribution in [-0.4, -0.2) is 35.8 Å². The lowest BCUT2D eigenvalue weighted by Crippen LogP contribution is -2.46. The van der Waals surface area contributed by atoms with Crippen molar-refractivity contribution in [1.29, 1.82) is 0 Å². The lowest BCUT2D eigenvalue weighted by atomic mass is 9.85. The van der Waals surface area contributed by atoms with Gasteiger partial charge in [-0.15, -0.1) is 0 Å². The fourth-order valence-corrected chi connectivity index (χ4v) is 3.25. The van der Waals surface area contributed by atoms with Gasteiger partial charge >= 0.3 is 0 Å². The normalized spacial score (nSPS) is 34.2. The van der Waals surface area contributed by atoms with Crippen LogP contribution in [0.15, 0.2) is 12.2 Å². The molecule has 2 heterocycles. The molecule has 2 atom stereocenters. The average molecular weight is 234 g/mol. The van der Waals surface area contributed by atoms with E-state index in [2.05, 4.69) is 5.32 Å². The van der Waals surface area contributed by atoms with E-state index in [-0.39, 0.29) is 29.7 Å². The summed E-state index contributed by atoms with van der Waals surface area (Å²) in [5, 5.41) is 3.27. The van der Waals surface area contributed by atoms with E-state index < -0.39 is 0 Å². The topological polar surface area (TPSA) is 49.4 Å². The minimum atomic E-state index is -0.0672. The second kappa shape index (κ2) is 4.26. The maximum absolute atomic E-state index is 12.3. The number of hydrogen-bond donors (Lipinski definition) is 1. The summed E-state index contributed by atoms with van der Waals surface area (Å²) in [6.45, 7) is 1.82. The Morgan fingerprint density at radius 2 is 1.53 bits per heavy atom. The maximum Gasteiger partial charge on any atom is 0.233 e. The van der Waals surface area contributed by atoms with Gasteiger partial charge in [0.1, 0.15) is 0 Å². The number of hydrogen-bond acceptors (Lipinski definition) is 3. The van der Waals surface area contributed by atoms with Gasteiger partial charge in [0, 0.05) is 6.04 Å². The number of likely N-dealkylation sites (tertiary alicyclic amines) is 1. The number of piperidine rings is 1. The molecule has 1 aliphatic carbocycles. The van der Waals surface area contributed by atoms with Crippen LogP contribution in [-0.2, 0) is 9.59 Å². The Hall–Kier alpha value is -1.16. The van der Waals surface area contributed by atoms with E-state index in [9.17, 15) is 9.59 Å².